The molecule has 4 aromatic rings. The molecule has 8 rings (SSSR count). The Morgan fingerprint density at radius 1 is 0.857 bits per heavy atom. The number of ether oxygens (including phenoxy) is 1. The van der Waals surface area contributed by atoms with Crippen LogP contribution in [-0.2, 0) is 4.79 Å². The number of likely N-dealkylation sites (tertiary alicyclic amines) is 2. The summed E-state index contributed by atoms with van der Waals surface area (Å²) in [7, 11) is 1.52. The number of likely N-dealkylation sites (N-methyl/N-ethyl adjacent to an activating group) is 1. The number of piperidine rings is 2. The maximum atomic E-state index is 13.5. The number of anilines is 3. The lowest BCUT2D eigenvalue weighted by Crippen LogP contribution is -2.53. The molecule has 15 heteroatoms. The Morgan fingerprint density at radius 2 is 1.51 bits per heavy atom. The van der Waals surface area contributed by atoms with Gasteiger partial charge in [-0.05, 0) is 106 Å². The van der Waals surface area contributed by atoms with Gasteiger partial charge in [-0.1, -0.05) is 24.3 Å². The highest BCUT2D eigenvalue weighted by Crippen LogP contribution is 2.32. The maximum Gasteiger partial charge on any atom is 0.262 e. The van der Waals surface area contributed by atoms with E-state index in [4.69, 9.17) is 15.9 Å². The maximum absolute atomic E-state index is 13.5. The van der Waals surface area contributed by atoms with Gasteiger partial charge in [0.15, 0.2) is 0 Å². The summed E-state index contributed by atoms with van der Waals surface area (Å²) in [6.07, 6.45) is 8.26. The van der Waals surface area contributed by atoms with Gasteiger partial charge in [0.2, 0.25) is 5.91 Å². The number of piperazine rings is 1. The number of hydrogen-bond donors (Lipinski definition) is 4. The molecule has 1 aromatic heterocycles. The van der Waals surface area contributed by atoms with Crippen LogP contribution in [0.1, 0.15) is 70.4 Å². The number of amides is 3. The predicted octanol–water partition coefficient (Wildman–Crippen LogP) is 5.11. The molecule has 15 nitrogen and oxygen atoms in total. The van der Waals surface area contributed by atoms with Crippen molar-refractivity contribution in [3.05, 3.63) is 114 Å². The summed E-state index contributed by atoms with van der Waals surface area (Å²) < 4.78 is 5.94. The van der Waals surface area contributed by atoms with Crippen molar-refractivity contribution in [2.45, 2.75) is 56.7 Å². The first kappa shape index (κ1) is 43.5. The van der Waals surface area contributed by atoms with Gasteiger partial charge in [0.05, 0.1) is 22.4 Å². The summed E-state index contributed by atoms with van der Waals surface area (Å²) in [4.78, 5) is 59.5. The lowest BCUT2D eigenvalue weighted by molar-refractivity contribution is -0.124. The summed E-state index contributed by atoms with van der Waals surface area (Å²) in [6.45, 7) is 13.6. The quantitative estimate of drug-likeness (QED) is 0.0668. The van der Waals surface area contributed by atoms with E-state index in [2.05, 4.69) is 46.8 Å². The summed E-state index contributed by atoms with van der Waals surface area (Å²) in [5.41, 5.74) is 9.50. The molecule has 5 N–H and O–H groups in total. The number of imide groups is 1. The number of hydrogen-bond acceptors (Lipinski definition) is 13. The van der Waals surface area contributed by atoms with Gasteiger partial charge in [0.1, 0.15) is 35.5 Å². The Kier molecular flexibility index (Phi) is 13.7. The number of carbonyl (C=O) groups excluding carboxylic acids is 3. The fourth-order valence-corrected chi connectivity index (χ4v) is 9.39. The van der Waals surface area contributed by atoms with E-state index in [0.29, 0.717) is 52.7 Å². The number of rotatable bonds is 16. The summed E-state index contributed by atoms with van der Waals surface area (Å²) in [5, 5.41) is 15.3. The van der Waals surface area contributed by atoms with Crippen LogP contribution in [-0.4, -0.2) is 144 Å². The number of fused-ring (bicyclic) bond motifs is 1. The molecule has 4 aliphatic heterocycles. The zero-order valence-electron chi connectivity index (χ0n) is 36.2. The molecule has 1 atom stereocenters. The van der Waals surface area contributed by atoms with E-state index >= 15 is 0 Å². The minimum absolute atomic E-state index is 0.222. The monoisotopic (exact) mass is 853 g/mol. The highest BCUT2D eigenvalue weighted by Gasteiger charge is 2.43. The highest BCUT2D eigenvalue weighted by molar-refractivity contribution is 6.23. The van der Waals surface area contributed by atoms with Gasteiger partial charge in [-0.2, -0.15) is 0 Å². The molecule has 5 heterocycles. The second-order valence-electron chi connectivity index (χ2n) is 16.9. The van der Waals surface area contributed by atoms with Crippen LogP contribution < -0.4 is 26.0 Å². The molecule has 0 radical (unpaired) electrons. The number of nitrogens with two attached hydrogens (primary N) is 1. The fraction of sp³-hybridized carbons (Fsp3) is 0.417. The van der Waals surface area contributed by atoms with Crippen LogP contribution in [0.3, 0.4) is 0 Å². The van der Waals surface area contributed by atoms with Crippen LogP contribution in [0.25, 0.3) is 0 Å². The Morgan fingerprint density at radius 3 is 2.17 bits per heavy atom. The first-order valence-corrected chi connectivity index (χ1v) is 22.3. The normalized spacial score (nSPS) is 18.6. The SMILES string of the molecule is C=CCCC(C(=O)NC)N1C(=O)c2ccc(N3CCN(C4CCN(CCN5CCC(Nc6ncnc(N)c6C(=N)c6ccc(Oc7ccccc7)cc6)CC5)CC4)CC3)cc2C1=O. The van der Waals surface area contributed by atoms with Crippen molar-refractivity contribution in [1.29, 1.82) is 5.41 Å². The van der Waals surface area contributed by atoms with Gasteiger partial charge in [-0.3, -0.25) is 29.6 Å². The molecule has 3 fully saturated rings. The Hall–Kier alpha value is -6.16. The molecule has 0 aliphatic carbocycles. The average Bonchev–Trinajstić information content (AvgIpc) is 3.57. The van der Waals surface area contributed by atoms with Crippen molar-refractivity contribution in [2.24, 2.45) is 0 Å². The molecule has 0 bridgehead atoms. The molecule has 63 heavy (non-hydrogen) atoms. The molecule has 3 amide bonds. The first-order chi connectivity index (χ1) is 30.7. The number of aromatic nitrogens is 2. The van der Waals surface area contributed by atoms with Gasteiger partial charge in [0, 0.05) is 82.7 Å². The van der Waals surface area contributed by atoms with Crippen LogP contribution in [0, 0.1) is 5.41 Å². The van der Waals surface area contributed by atoms with E-state index in [1.54, 1.807) is 12.1 Å². The molecule has 0 saturated carbocycles. The molecule has 330 valence electrons. The number of allylic oxidation sites excluding steroid dienone is 1. The third-order valence-corrected chi connectivity index (χ3v) is 13.1. The number of nitrogens with zero attached hydrogens (tertiary/aromatic N) is 7. The zero-order valence-corrected chi connectivity index (χ0v) is 36.2. The number of nitrogen functional groups attached to an aromatic ring is 1. The van der Waals surface area contributed by atoms with Crippen LogP contribution in [0.5, 0.6) is 11.5 Å². The van der Waals surface area contributed by atoms with E-state index in [-0.39, 0.29) is 23.5 Å². The first-order valence-electron chi connectivity index (χ1n) is 22.3. The molecule has 0 spiro atoms. The van der Waals surface area contributed by atoms with Crippen molar-refractivity contribution in [2.75, 3.05) is 88.4 Å². The van der Waals surface area contributed by atoms with Gasteiger partial charge in [-0.15, -0.1) is 6.58 Å². The smallest absolute Gasteiger partial charge is 0.262 e. The Balaban J connectivity index is 0.758. The van der Waals surface area contributed by atoms with Crippen molar-refractivity contribution < 1.29 is 19.1 Å². The van der Waals surface area contributed by atoms with Crippen molar-refractivity contribution in [3.8, 4) is 11.5 Å². The fourth-order valence-electron chi connectivity index (χ4n) is 9.39. The standard InChI is InChI=1S/C48H59N11O4/c1-3-4-10-41(46(60)51-2)59-47(61)39-16-13-36(31-40(39)48(59)62)58-29-27-57(28-30-58)35-19-23-56(24-20-35)26-25-55-21-17-34(18-22-55)54-45-42(44(50)52-32-53-45)43(49)33-11-14-38(15-12-33)63-37-8-6-5-7-9-37/h3,5-9,11-16,31-32,34-35,41,49H,1,4,10,17-30H2,2H3,(H,51,60)(H3,50,52,53,54). The van der Waals surface area contributed by atoms with Gasteiger partial charge >= 0.3 is 0 Å². The second kappa shape index (κ2) is 19.9. The highest BCUT2D eigenvalue weighted by atomic mass is 16.5. The second-order valence-corrected chi connectivity index (χ2v) is 16.9. The lowest BCUT2D eigenvalue weighted by Gasteiger charge is -2.43. The third-order valence-electron chi connectivity index (χ3n) is 13.1. The van der Waals surface area contributed by atoms with Crippen molar-refractivity contribution in [3.63, 3.8) is 0 Å². The van der Waals surface area contributed by atoms with Crippen LogP contribution >= 0.6 is 0 Å². The van der Waals surface area contributed by atoms with Crippen LogP contribution in [0.2, 0.25) is 0 Å². The minimum Gasteiger partial charge on any atom is -0.457 e. The van der Waals surface area contributed by atoms with Crippen LogP contribution in [0.4, 0.5) is 17.3 Å². The molecule has 3 aromatic carbocycles. The third kappa shape index (κ3) is 9.90. The largest absolute Gasteiger partial charge is 0.457 e. The Labute approximate surface area is 369 Å². The topological polar surface area (TPSA) is 176 Å². The predicted molar refractivity (Wildman–Crippen MR) is 246 cm³/mol. The van der Waals surface area contributed by atoms with E-state index < -0.39 is 17.9 Å². The summed E-state index contributed by atoms with van der Waals surface area (Å²) >= 11 is 0. The van der Waals surface area contributed by atoms with E-state index in [0.717, 1.165) is 107 Å². The molecular formula is C48H59N11O4. The van der Waals surface area contributed by atoms with Gasteiger partial charge < -0.3 is 35.8 Å². The molecule has 3 saturated heterocycles. The lowest BCUT2D eigenvalue weighted by atomic mass is 10.0. The minimum atomic E-state index is -0.867. The van der Waals surface area contributed by atoms with E-state index in [1.165, 1.54) is 13.4 Å². The zero-order chi connectivity index (χ0) is 43.9. The molecular weight excluding hydrogens is 795 g/mol. The van der Waals surface area contributed by atoms with Crippen molar-refractivity contribution in [1.82, 2.24) is 34.9 Å². The number of para-hydroxylation sites is 1. The molecule has 1 unspecified atom stereocenters. The summed E-state index contributed by atoms with van der Waals surface area (Å²) in [5.74, 6) is 1.14. The summed E-state index contributed by atoms with van der Waals surface area (Å²) in [6, 6.07) is 22.5. The van der Waals surface area contributed by atoms with Crippen molar-refractivity contribution >= 4 is 40.8 Å². The van der Waals surface area contributed by atoms with E-state index in [1.807, 2.05) is 66.7 Å². The van der Waals surface area contributed by atoms with Crippen LogP contribution in [0.15, 0.2) is 91.8 Å². The number of benzene rings is 3. The van der Waals surface area contributed by atoms with Gasteiger partial charge in [-0.25, -0.2) is 9.97 Å². The molecule has 4 aliphatic rings. The number of nitrogens with one attached hydrogen (secondary N) is 3. The van der Waals surface area contributed by atoms with Gasteiger partial charge in [0.25, 0.3) is 11.8 Å². The average molecular weight is 854 g/mol. The van der Waals surface area contributed by atoms with E-state index in [9.17, 15) is 14.4 Å². The Bertz CT molecular complexity index is 2270. The number of carbonyl (C=O) groups is 3.